The largest absolute Gasteiger partial charge is 0.361 e. The molecule has 0 saturated carbocycles. The number of hydrogen-bond donors (Lipinski definition) is 1. The van der Waals surface area contributed by atoms with Gasteiger partial charge in [-0.1, -0.05) is 57.2 Å². The SMILES string of the molecule is CN(Cc1ccc(C(C)(C)C)cc1)C(=O)c1cccc2cc[nH]c12. The van der Waals surface area contributed by atoms with E-state index in [1.165, 1.54) is 5.56 Å². The van der Waals surface area contributed by atoms with Crippen LogP contribution < -0.4 is 0 Å². The predicted octanol–water partition coefficient (Wildman–Crippen LogP) is 4.74. The number of H-pyrrole nitrogens is 1. The molecule has 1 N–H and O–H groups in total. The van der Waals surface area contributed by atoms with E-state index in [1.807, 2.05) is 37.5 Å². The molecule has 1 aromatic heterocycles. The first-order valence-electron chi connectivity index (χ1n) is 8.27. The van der Waals surface area contributed by atoms with E-state index >= 15 is 0 Å². The number of nitrogens with one attached hydrogen (secondary N) is 1. The fourth-order valence-corrected chi connectivity index (χ4v) is 2.92. The first kappa shape index (κ1) is 16.3. The van der Waals surface area contributed by atoms with Crippen molar-refractivity contribution in [1.29, 1.82) is 0 Å². The molecule has 0 saturated heterocycles. The fraction of sp³-hybridized carbons (Fsp3) is 0.286. The normalized spacial score (nSPS) is 11.7. The van der Waals surface area contributed by atoms with E-state index in [0.717, 1.165) is 16.5 Å². The van der Waals surface area contributed by atoms with Gasteiger partial charge in [-0.25, -0.2) is 0 Å². The number of aromatic nitrogens is 1. The van der Waals surface area contributed by atoms with Gasteiger partial charge >= 0.3 is 0 Å². The molecule has 3 aromatic rings. The van der Waals surface area contributed by atoms with Gasteiger partial charge in [0.25, 0.3) is 5.91 Å². The van der Waals surface area contributed by atoms with Crippen LogP contribution in [0, 0.1) is 0 Å². The molecule has 0 unspecified atom stereocenters. The van der Waals surface area contributed by atoms with Crippen molar-refractivity contribution in [2.75, 3.05) is 7.05 Å². The molecular formula is C21H24N2O. The van der Waals surface area contributed by atoms with E-state index in [1.54, 1.807) is 4.90 Å². The van der Waals surface area contributed by atoms with Gasteiger partial charge in [-0.3, -0.25) is 4.79 Å². The standard InChI is InChI=1S/C21H24N2O/c1-21(2,3)17-10-8-15(9-11-17)14-23(4)20(24)18-7-5-6-16-12-13-22-19(16)18/h5-13,22H,14H2,1-4H3. The van der Waals surface area contributed by atoms with E-state index in [0.29, 0.717) is 12.1 Å². The maximum atomic E-state index is 12.8. The lowest BCUT2D eigenvalue weighted by Gasteiger charge is -2.21. The summed E-state index contributed by atoms with van der Waals surface area (Å²) in [7, 11) is 1.85. The molecule has 3 heteroatoms. The van der Waals surface area contributed by atoms with Crippen molar-refractivity contribution in [3.63, 3.8) is 0 Å². The summed E-state index contributed by atoms with van der Waals surface area (Å²) in [5.41, 5.74) is 4.20. The number of benzene rings is 2. The number of para-hydroxylation sites is 1. The molecule has 0 aliphatic carbocycles. The van der Waals surface area contributed by atoms with Crippen LogP contribution in [0.25, 0.3) is 10.9 Å². The summed E-state index contributed by atoms with van der Waals surface area (Å²) in [6, 6.07) is 16.3. The third-order valence-corrected chi connectivity index (χ3v) is 4.40. The van der Waals surface area contributed by atoms with Crippen LogP contribution in [-0.2, 0) is 12.0 Å². The van der Waals surface area contributed by atoms with Crippen molar-refractivity contribution in [1.82, 2.24) is 9.88 Å². The Labute approximate surface area is 143 Å². The van der Waals surface area contributed by atoms with Crippen LogP contribution in [0.5, 0.6) is 0 Å². The first-order valence-corrected chi connectivity index (χ1v) is 8.27. The number of hydrogen-bond acceptors (Lipinski definition) is 1. The zero-order valence-corrected chi connectivity index (χ0v) is 14.8. The maximum absolute atomic E-state index is 12.8. The number of nitrogens with zero attached hydrogens (tertiary/aromatic N) is 1. The average Bonchev–Trinajstić information content (AvgIpc) is 3.02. The van der Waals surface area contributed by atoms with E-state index < -0.39 is 0 Å². The minimum absolute atomic E-state index is 0.0305. The number of aromatic amines is 1. The van der Waals surface area contributed by atoms with E-state index in [-0.39, 0.29) is 11.3 Å². The Kier molecular flexibility index (Phi) is 4.18. The molecule has 0 fully saturated rings. The smallest absolute Gasteiger partial charge is 0.256 e. The highest BCUT2D eigenvalue weighted by atomic mass is 16.2. The molecule has 1 heterocycles. The lowest BCUT2D eigenvalue weighted by atomic mass is 9.87. The van der Waals surface area contributed by atoms with Gasteiger partial charge in [-0.05, 0) is 28.7 Å². The van der Waals surface area contributed by atoms with Gasteiger partial charge in [0.1, 0.15) is 0 Å². The summed E-state index contributed by atoms with van der Waals surface area (Å²) in [6.07, 6.45) is 1.87. The van der Waals surface area contributed by atoms with Crippen molar-refractivity contribution in [3.8, 4) is 0 Å². The average molecular weight is 320 g/mol. The van der Waals surface area contributed by atoms with Crippen LogP contribution in [0.2, 0.25) is 0 Å². The monoisotopic (exact) mass is 320 g/mol. The first-order chi connectivity index (χ1) is 11.4. The van der Waals surface area contributed by atoms with Crippen LogP contribution in [0.15, 0.2) is 54.7 Å². The number of rotatable bonds is 3. The van der Waals surface area contributed by atoms with E-state index in [2.05, 4.69) is 50.0 Å². The molecule has 24 heavy (non-hydrogen) atoms. The molecule has 3 rings (SSSR count). The van der Waals surface area contributed by atoms with Gasteiger partial charge in [0.05, 0.1) is 11.1 Å². The number of amides is 1. The Morgan fingerprint density at radius 3 is 2.42 bits per heavy atom. The second kappa shape index (κ2) is 6.16. The van der Waals surface area contributed by atoms with Gasteiger partial charge in [0.2, 0.25) is 0 Å². The van der Waals surface area contributed by atoms with Gasteiger partial charge in [-0.2, -0.15) is 0 Å². The van der Waals surface area contributed by atoms with Crippen molar-refractivity contribution in [3.05, 3.63) is 71.4 Å². The fourth-order valence-electron chi connectivity index (χ4n) is 2.92. The maximum Gasteiger partial charge on any atom is 0.256 e. The summed E-state index contributed by atoms with van der Waals surface area (Å²) in [5, 5.41) is 1.06. The number of carbonyl (C=O) groups excluding carboxylic acids is 1. The van der Waals surface area contributed by atoms with E-state index in [9.17, 15) is 4.79 Å². The lowest BCUT2D eigenvalue weighted by molar-refractivity contribution is 0.0787. The van der Waals surface area contributed by atoms with Crippen molar-refractivity contribution < 1.29 is 4.79 Å². The zero-order valence-electron chi connectivity index (χ0n) is 14.8. The second-order valence-corrected chi connectivity index (χ2v) is 7.36. The number of carbonyl (C=O) groups is 1. The van der Waals surface area contributed by atoms with Crippen molar-refractivity contribution in [2.45, 2.75) is 32.7 Å². The highest BCUT2D eigenvalue weighted by Gasteiger charge is 2.16. The molecule has 0 spiro atoms. The molecule has 0 radical (unpaired) electrons. The lowest BCUT2D eigenvalue weighted by Crippen LogP contribution is -2.26. The Hall–Kier alpha value is -2.55. The highest BCUT2D eigenvalue weighted by Crippen LogP contribution is 2.23. The predicted molar refractivity (Wildman–Crippen MR) is 99.2 cm³/mol. The topological polar surface area (TPSA) is 36.1 Å². The quantitative estimate of drug-likeness (QED) is 0.743. The molecule has 1 amide bonds. The summed E-state index contributed by atoms with van der Waals surface area (Å²) < 4.78 is 0. The van der Waals surface area contributed by atoms with Gasteiger partial charge < -0.3 is 9.88 Å². The summed E-state index contributed by atoms with van der Waals surface area (Å²) >= 11 is 0. The molecule has 3 nitrogen and oxygen atoms in total. The number of fused-ring (bicyclic) bond motifs is 1. The minimum Gasteiger partial charge on any atom is -0.361 e. The van der Waals surface area contributed by atoms with Gasteiger partial charge in [0, 0.05) is 25.2 Å². The molecule has 2 aromatic carbocycles. The Morgan fingerprint density at radius 1 is 1.04 bits per heavy atom. The zero-order chi connectivity index (χ0) is 17.3. The molecule has 0 aliphatic heterocycles. The molecule has 0 bridgehead atoms. The van der Waals surface area contributed by atoms with Crippen LogP contribution in [0.3, 0.4) is 0 Å². The third-order valence-electron chi connectivity index (χ3n) is 4.40. The Morgan fingerprint density at radius 2 is 1.75 bits per heavy atom. The summed E-state index contributed by atoms with van der Waals surface area (Å²) in [5.74, 6) is 0.0305. The van der Waals surface area contributed by atoms with Crippen LogP contribution in [0.4, 0.5) is 0 Å². The summed E-state index contributed by atoms with van der Waals surface area (Å²) in [4.78, 5) is 17.7. The second-order valence-electron chi connectivity index (χ2n) is 7.36. The Balaban J connectivity index is 1.78. The van der Waals surface area contributed by atoms with Gasteiger partial charge in [-0.15, -0.1) is 0 Å². The molecule has 124 valence electrons. The van der Waals surface area contributed by atoms with Crippen molar-refractivity contribution in [2.24, 2.45) is 0 Å². The summed E-state index contributed by atoms with van der Waals surface area (Å²) in [6.45, 7) is 7.21. The van der Waals surface area contributed by atoms with Crippen molar-refractivity contribution >= 4 is 16.8 Å². The molecule has 0 aliphatic rings. The minimum atomic E-state index is 0.0305. The molecule has 0 atom stereocenters. The van der Waals surface area contributed by atoms with Crippen LogP contribution >= 0.6 is 0 Å². The van der Waals surface area contributed by atoms with Gasteiger partial charge in [0.15, 0.2) is 0 Å². The highest BCUT2D eigenvalue weighted by molar-refractivity contribution is 6.05. The molecular weight excluding hydrogens is 296 g/mol. The van der Waals surface area contributed by atoms with Crippen LogP contribution in [0.1, 0.15) is 42.3 Å². The van der Waals surface area contributed by atoms with E-state index in [4.69, 9.17) is 0 Å². The Bertz CT molecular complexity index is 853. The van der Waals surface area contributed by atoms with Crippen LogP contribution in [-0.4, -0.2) is 22.8 Å². The third kappa shape index (κ3) is 3.21.